The van der Waals surface area contributed by atoms with Crippen LogP contribution in [0, 0.1) is 0 Å². The zero-order valence-corrected chi connectivity index (χ0v) is 8.74. The third-order valence-electron chi connectivity index (χ3n) is 2.28. The summed E-state index contributed by atoms with van der Waals surface area (Å²) in [4.78, 5) is 0. The number of phenolic OH excluding ortho intramolecular Hbond substituents is 2. The minimum absolute atomic E-state index is 0.141. The number of benzene rings is 1. The molecule has 0 aliphatic heterocycles. The van der Waals surface area contributed by atoms with Crippen molar-refractivity contribution in [3.05, 3.63) is 46.2 Å². The van der Waals surface area contributed by atoms with Gasteiger partial charge in [-0.15, -0.1) is 0 Å². The van der Waals surface area contributed by atoms with Crippen molar-refractivity contribution in [3.8, 4) is 11.5 Å². The third-order valence-corrected chi connectivity index (χ3v) is 2.98. The van der Waals surface area contributed by atoms with Gasteiger partial charge >= 0.3 is 0 Å². The Morgan fingerprint density at radius 2 is 2.00 bits per heavy atom. The van der Waals surface area contributed by atoms with Gasteiger partial charge in [0.25, 0.3) is 0 Å². The molecule has 2 rings (SSSR count). The Hall–Kier alpha value is -1.52. The van der Waals surface area contributed by atoms with Crippen LogP contribution in [0.1, 0.15) is 17.2 Å². The van der Waals surface area contributed by atoms with E-state index in [-0.39, 0.29) is 11.5 Å². The van der Waals surface area contributed by atoms with Crippen molar-refractivity contribution >= 4 is 11.3 Å². The molecule has 0 saturated carbocycles. The number of hydrogen-bond acceptors (Lipinski definition) is 4. The van der Waals surface area contributed by atoms with Crippen molar-refractivity contribution < 1.29 is 10.2 Å². The van der Waals surface area contributed by atoms with E-state index < -0.39 is 6.04 Å². The molecule has 4 heteroatoms. The predicted octanol–water partition coefficient (Wildman–Crippen LogP) is 2.21. The summed E-state index contributed by atoms with van der Waals surface area (Å²) in [7, 11) is 0. The predicted molar refractivity (Wildman–Crippen MR) is 60.1 cm³/mol. The maximum absolute atomic E-state index is 9.64. The highest BCUT2D eigenvalue weighted by Crippen LogP contribution is 2.34. The van der Waals surface area contributed by atoms with Gasteiger partial charge in [0.15, 0.2) is 11.5 Å². The Bertz CT molecular complexity index is 454. The van der Waals surface area contributed by atoms with E-state index in [0.29, 0.717) is 5.56 Å². The fraction of sp³-hybridized carbons (Fsp3) is 0.0909. The molecule has 15 heavy (non-hydrogen) atoms. The van der Waals surface area contributed by atoms with Crippen LogP contribution in [0.15, 0.2) is 35.0 Å². The van der Waals surface area contributed by atoms with Gasteiger partial charge in [-0.25, -0.2) is 0 Å². The molecule has 0 fully saturated rings. The standard InChI is InChI=1S/C11H11NO2S/c12-10(7-4-5-15-6-7)8-2-1-3-9(13)11(8)14/h1-6,10,13-14H,12H2/t10-/m0/s1. The summed E-state index contributed by atoms with van der Waals surface area (Å²) in [5.41, 5.74) is 7.43. The van der Waals surface area contributed by atoms with Crippen molar-refractivity contribution in [1.82, 2.24) is 0 Å². The normalized spacial score (nSPS) is 12.6. The molecule has 4 N–H and O–H groups in total. The highest BCUT2D eigenvalue weighted by Gasteiger charge is 2.15. The molecule has 0 unspecified atom stereocenters. The van der Waals surface area contributed by atoms with Crippen LogP contribution in [0.25, 0.3) is 0 Å². The quantitative estimate of drug-likeness (QED) is 0.681. The van der Waals surface area contributed by atoms with Gasteiger partial charge in [-0.2, -0.15) is 11.3 Å². The second-order valence-corrected chi connectivity index (χ2v) is 4.03. The smallest absolute Gasteiger partial charge is 0.162 e. The lowest BCUT2D eigenvalue weighted by Gasteiger charge is -2.12. The zero-order chi connectivity index (χ0) is 10.8. The van der Waals surface area contributed by atoms with Gasteiger partial charge in [0.05, 0.1) is 6.04 Å². The van der Waals surface area contributed by atoms with Crippen LogP contribution >= 0.6 is 11.3 Å². The summed E-state index contributed by atoms with van der Waals surface area (Å²) in [5.74, 6) is -0.283. The van der Waals surface area contributed by atoms with Crippen molar-refractivity contribution in [2.45, 2.75) is 6.04 Å². The average molecular weight is 221 g/mol. The molecule has 0 saturated heterocycles. The van der Waals surface area contributed by atoms with Crippen LogP contribution in [0.3, 0.4) is 0 Å². The Balaban J connectivity index is 2.42. The molecule has 0 amide bonds. The molecule has 1 aromatic carbocycles. The second-order valence-electron chi connectivity index (χ2n) is 3.25. The van der Waals surface area contributed by atoms with Crippen molar-refractivity contribution in [1.29, 1.82) is 0 Å². The summed E-state index contributed by atoms with van der Waals surface area (Å²) in [5, 5.41) is 22.8. The van der Waals surface area contributed by atoms with Crippen molar-refractivity contribution in [3.63, 3.8) is 0 Å². The van der Waals surface area contributed by atoms with E-state index in [4.69, 9.17) is 5.73 Å². The number of hydrogen-bond donors (Lipinski definition) is 3. The van der Waals surface area contributed by atoms with Gasteiger partial charge in [-0.3, -0.25) is 0 Å². The maximum Gasteiger partial charge on any atom is 0.162 e. The van der Waals surface area contributed by atoms with Gasteiger partial charge in [-0.05, 0) is 28.5 Å². The monoisotopic (exact) mass is 221 g/mol. The Morgan fingerprint density at radius 1 is 1.20 bits per heavy atom. The first-order chi connectivity index (χ1) is 7.20. The molecule has 1 heterocycles. The first-order valence-electron chi connectivity index (χ1n) is 4.48. The summed E-state index contributed by atoms with van der Waals surface area (Å²) in [6, 6.07) is 6.30. The number of thiophene rings is 1. The molecule has 1 aromatic heterocycles. The van der Waals surface area contributed by atoms with Crippen molar-refractivity contribution in [2.75, 3.05) is 0 Å². The lowest BCUT2D eigenvalue weighted by Crippen LogP contribution is -2.10. The van der Waals surface area contributed by atoms with Crippen LogP contribution in [-0.2, 0) is 0 Å². The Labute approximate surface area is 91.4 Å². The SMILES string of the molecule is N[C@@H](c1ccsc1)c1cccc(O)c1O. The largest absolute Gasteiger partial charge is 0.504 e. The van der Waals surface area contributed by atoms with Crippen LogP contribution in [0.2, 0.25) is 0 Å². The summed E-state index contributed by atoms with van der Waals surface area (Å²) in [6.07, 6.45) is 0. The molecule has 78 valence electrons. The minimum Gasteiger partial charge on any atom is -0.504 e. The van der Waals surface area contributed by atoms with Crippen LogP contribution < -0.4 is 5.73 Å². The van der Waals surface area contributed by atoms with Gasteiger partial charge in [0, 0.05) is 5.56 Å². The zero-order valence-electron chi connectivity index (χ0n) is 7.92. The van der Waals surface area contributed by atoms with Crippen LogP contribution in [0.5, 0.6) is 11.5 Å². The molecule has 2 aromatic rings. The van der Waals surface area contributed by atoms with Gasteiger partial charge < -0.3 is 15.9 Å². The third kappa shape index (κ3) is 1.82. The fourth-order valence-electron chi connectivity index (χ4n) is 1.43. The number of phenols is 2. The molecular weight excluding hydrogens is 210 g/mol. The molecule has 3 nitrogen and oxygen atoms in total. The summed E-state index contributed by atoms with van der Waals surface area (Å²) >= 11 is 1.55. The molecule has 0 aliphatic rings. The molecule has 0 radical (unpaired) electrons. The lowest BCUT2D eigenvalue weighted by atomic mass is 10.0. The van der Waals surface area contributed by atoms with E-state index in [9.17, 15) is 10.2 Å². The molecule has 0 bridgehead atoms. The highest BCUT2D eigenvalue weighted by atomic mass is 32.1. The lowest BCUT2D eigenvalue weighted by molar-refractivity contribution is 0.398. The first kappa shape index (κ1) is 10.0. The highest BCUT2D eigenvalue weighted by molar-refractivity contribution is 7.08. The number of aromatic hydroxyl groups is 2. The van der Waals surface area contributed by atoms with E-state index in [1.54, 1.807) is 23.5 Å². The second kappa shape index (κ2) is 3.92. The van der Waals surface area contributed by atoms with E-state index in [0.717, 1.165) is 5.56 Å². The van der Waals surface area contributed by atoms with E-state index >= 15 is 0 Å². The maximum atomic E-state index is 9.64. The van der Waals surface area contributed by atoms with E-state index in [1.165, 1.54) is 6.07 Å². The summed E-state index contributed by atoms with van der Waals surface area (Å²) in [6.45, 7) is 0. The number of rotatable bonds is 2. The fourth-order valence-corrected chi connectivity index (χ4v) is 2.13. The van der Waals surface area contributed by atoms with Crippen LogP contribution in [-0.4, -0.2) is 10.2 Å². The van der Waals surface area contributed by atoms with Crippen molar-refractivity contribution in [2.24, 2.45) is 5.73 Å². The molecule has 1 atom stereocenters. The van der Waals surface area contributed by atoms with Gasteiger partial charge in [-0.1, -0.05) is 12.1 Å². The molecular formula is C11H11NO2S. The minimum atomic E-state index is -0.400. The number of nitrogens with two attached hydrogens (primary N) is 1. The summed E-state index contributed by atoms with van der Waals surface area (Å²) < 4.78 is 0. The van der Waals surface area contributed by atoms with Crippen LogP contribution in [0.4, 0.5) is 0 Å². The number of para-hydroxylation sites is 1. The first-order valence-corrected chi connectivity index (χ1v) is 5.43. The van der Waals surface area contributed by atoms with E-state index in [2.05, 4.69) is 0 Å². The van der Waals surface area contributed by atoms with Gasteiger partial charge in [0.1, 0.15) is 0 Å². The topological polar surface area (TPSA) is 66.5 Å². The molecule has 0 aliphatic carbocycles. The molecule has 0 spiro atoms. The van der Waals surface area contributed by atoms with Gasteiger partial charge in [0.2, 0.25) is 0 Å². The average Bonchev–Trinajstić information content (AvgIpc) is 2.74. The Kier molecular flexibility index (Phi) is 2.62. The van der Waals surface area contributed by atoms with E-state index in [1.807, 2.05) is 16.8 Å². The Morgan fingerprint density at radius 3 is 2.67 bits per heavy atom.